The van der Waals surface area contributed by atoms with Gasteiger partial charge in [-0.15, -0.1) is 0 Å². The highest BCUT2D eigenvalue weighted by Crippen LogP contribution is 2.30. The lowest BCUT2D eigenvalue weighted by molar-refractivity contribution is -0.147. The van der Waals surface area contributed by atoms with Crippen LogP contribution in [-0.2, 0) is 31.9 Å². The van der Waals surface area contributed by atoms with Gasteiger partial charge in [0.1, 0.15) is 12.6 Å². The fraction of sp³-hybridized carbons (Fsp3) is 0.250. The molecule has 2 aromatic rings. The summed E-state index contributed by atoms with van der Waals surface area (Å²) in [5.74, 6) is -2.96. The average molecular weight is 424 g/mol. The van der Waals surface area contributed by atoms with Crippen molar-refractivity contribution in [2.24, 2.45) is 5.73 Å². The van der Waals surface area contributed by atoms with Crippen LogP contribution in [0.5, 0.6) is 0 Å². The molecule has 0 aliphatic carbocycles. The number of primary amides is 1. The van der Waals surface area contributed by atoms with E-state index in [4.69, 9.17) is 10.5 Å². The maximum absolute atomic E-state index is 12.6. The predicted octanol–water partition coefficient (Wildman–Crippen LogP) is 1.84. The van der Waals surface area contributed by atoms with Gasteiger partial charge in [-0.2, -0.15) is 13.2 Å². The summed E-state index contributed by atoms with van der Waals surface area (Å²) in [6, 6.07) is 10.5. The Morgan fingerprint density at radius 2 is 1.63 bits per heavy atom. The van der Waals surface area contributed by atoms with Crippen LogP contribution in [0.2, 0.25) is 0 Å². The smallest absolute Gasteiger partial charge is 0.416 e. The SMILES string of the molecule is NC(=O)[C@@H](CC(=O)OCc1ccccc1)NC(=O)[C@H](O)c1ccc(C(F)(F)F)cc1. The van der Waals surface area contributed by atoms with Crippen LogP contribution in [0.4, 0.5) is 13.2 Å². The van der Waals surface area contributed by atoms with E-state index in [0.29, 0.717) is 17.7 Å². The molecule has 4 N–H and O–H groups in total. The number of aliphatic hydroxyl groups excluding tert-OH is 1. The number of nitrogens with one attached hydrogen (secondary N) is 1. The Labute approximate surface area is 169 Å². The number of rotatable bonds is 8. The summed E-state index contributed by atoms with van der Waals surface area (Å²) < 4.78 is 42.8. The molecule has 0 saturated carbocycles. The number of aliphatic hydroxyl groups is 1. The molecular weight excluding hydrogens is 405 g/mol. The number of nitrogens with two attached hydrogens (primary N) is 1. The Hall–Kier alpha value is -3.40. The molecule has 2 atom stereocenters. The third kappa shape index (κ3) is 6.59. The summed E-state index contributed by atoms with van der Waals surface area (Å²) in [6.07, 6.45) is -7.01. The third-order valence-corrected chi connectivity index (χ3v) is 4.08. The highest BCUT2D eigenvalue weighted by Gasteiger charge is 2.31. The molecule has 0 aliphatic heterocycles. The number of alkyl halides is 3. The monoisotopic (exact) mass is 424 g/mol. The summed E-state index contributed by atoms with van der Waals surface area (Å²) in [5.41, 5.74) is 4.81. The average Bonchev–Trinajstić information content (AvgIpc) is 2.71. The van der Waals surface area contributed by atoms with Crippen molar-refractivity contribution in [3.63, 3.8) is 0 Å². The van der Waals surface area contributed by atoms with Crippen molar-refractivity contribution in [1.29, 1.82) is 0 Å². The van der Waals surface area contributed by atoms with Crippen molar-refractivity contribution in [1.82, 2.24) is 5.32 Å². The molecule has 0 aromatic heterocycles. The van der Waals surface area contributed by atoms with Gasteiger partial charge in [-0.1, -0.05) is 42.5 Å². The van der Waals surface area contributed by atoms with Crippen molar-refractivity contribution in [3.05, 3.63) is 71.3 Å². The van der Waals surface area contributed by atoms with E-state index < -0.39 is 48.1 Å². The van der Waals surface area contributed by atoms with Gasteiger partial charge in [-0.3, -0.25) is 14.4 Å². The number of halogens is 3. The second-order valence-corrected chi connectivity index (χ2v) is 6.34. The van der Waals surface area contributed by atoms with E-state index in [1.807, 2.05) is 0 Å². The number of esters is 1. The minimum Gasteiger partial charge on any atom is -0.461 e. The van der Waals surface area contributed by atoms with Gasteiger partial charge in [0.15, 0.2) is 6.10 Å². The van der Waals surface area contributed by atoms with Crippen molar-refractivity contribution in [2.75, 3.05) is 0 Å². The van der Waals surface area contributed by atoms with Crippen LogP contribution in [0.25, 0.3) is 0 Å². The Bertz CT molecular complexity index is 886. The van der Waals surface area contributed by atoms with Crippen LogP contribution in [0.1, 0.15) is 29.2 Å². The highest BCUT2D eigenvalue weighted by atomic mass is 19.4. The topological polar surface area (TPSA) is 119 Å². The first-order valence-corrected chi connectivity index (χ1v) is 8.72. The van der Waals surface area contributed by atoms with Crippen molar-refractivity contribution in [3.8, 4) is 0 Å². The van der Waals surface area contributed by atoms with E-state index in [2.05, 4.69) is 5.32 Å². The molecular formula is C20H19F3N2O5. The number of carbonyl (C=O) groups excluding carboxylic acids is 3. The van der Waals surface area contributed by atoms with E-state index in [1.54, 1.807) is 30.3 Å². The number of amides is 2. The molecule has 2 rings (SSSR count). The maximum atomic E-state index is 12.6. The normalized spacial score (nSPS) is 13.2. The molecule has 0 bridgehead atoms. The van der Waals surface area contributed by atoms with Gasteiger partial charge in [-0.25, -0.2) is 0 Å². The summed E-state index contributed by atoms with van der Waals surface area (Å²) >= 11 is 0. The standard InChI is InChI=1S/C20H19F3N2O5/c21-20(22,23)14-8-6-13(7-9-14)17(27)19(29)25-15(18(24)28)10-16(26)30-11-12-4-2-1-3-5-12/h1-9,15,17,27H,10-11H2,(H2,24,28)(H,25,29)/t15-,17-/m1/s1. The molecule has 2 amide bonds. The minimum atomic E-state index is -4.57. The number of hydrogen-bond donors (Lipinski definition) is 3. The fourth-order valence-electron chi connectivity index (χ4n) is 2.44. The molecule has 0 radical (unpaired) electrons. The molecule has 0 saturated heterocycles. The second kappa shape index (κ2) is 9.88. The molecule has 0 heterocycles. The van der Waals surface area contributed by atoms with Crippen LogP contribution in [0.3, 0.4) is 0 Å². The van der Waals surface area contributed by atoms with E-state index in [1.165, 1.54) is 0 Å². The van der Waals surface area contributed by atoms with Crippen molar-refractivity contribution >= 4 is 17.8 Å². The van der Waals surface area contributed by atoms with Crippen molar-refractivity contribution in [2.45, 2.75) is 31.3 Å². The van der Waals surface area contributed by atoms with Gasteiger partial charge < -0.3 is 20.9 Å². The molecule has 2 aromatic carbocycles. The Balaban J connectivity index is 1.95. The number of hydrogen-bond acceptors (Lipinski definition) is 5. The van der Waals surface area contributed by atoms with Gasteiger partial charge in [0.25, 0.3) is 5.91 Å². The Morgan fingerprint density at radius 1 is 1.03 bits per heavy atom. The molecule has 0 aliphatic rings. The molecule has 30 heavy (non-hydrogen) atoms. The van der Waals surface area contributed by atoms with Crippen LogP contribution in [0.15, 0.2) is 54.6 Å². The van der Waals surface area contributed by atoms with E-state index in [0.717, 1.165) is 12.1 Å². The summed E-state index contributed by atoms with van der Waals surface area (Å²) in [4.78, 5) is 35.6. The zero-order chi connectivity index (χ0) is 22.3. The minimum absolute atomic E-state index is 0.0483. The first-order valence-electron chi connectivity index (χ1n) is 8.72. The summed E-state index contributed by atoms with van der Waals surface area (Å²) in [7, 11) is 0. The highest BCUT2D eigenvalue weighted by molar-refractivity contribution is 5.91. The lowest BCUT2D eigenvalue weighted by atomic mass is 10.1. The third-order valence-electron chi connectivity index (χ3n) is 4.08. The zero-order valence-electron chi connectivity index (χ0n) is 15.6. The van der Waals surface area contributed by atoms with Gasteiger partial charge in [0, 0.05) is 0 Å². The zero-order valence-corrected chi connectivity index (χ0v) is 15.6. The number of ether oxygens (including phenoxy) is 1. The summed E-state index contributed by atoms with van der Waals surface area (Å²) in [5, 5.41) is 12.1. The van der Waals surface area contributed by atoms with Gasteiger partial charge in [0.2, 0.25) is 5.91 Å². The lowest BCUT2D eigenvalue weighted by Crippen LogP contribution is -2.47. The number of carbonyl (C=O) groups is 3. The van der Waals surface area contributed by atoms with Crippen molar-refractivity contribution < 1.29 is 37.4 Å². The van der Waals surface area contributed by atoms with Crippen LogP contribution >= 0.6 is 0 Å². The molecule has 0 fully saturated rings. The maximum Gasteiger partial charge on any atom is 0.416 e. The number of benzene rings is 2. The summed E-state index contributed by atoms with van der Waals surface area (Å²) in [6.45, 7) is -0.0483. The molecule has 10 heteroatoms. The predicted molar refractivity (Wildman–Crippen MR) is 98.4 cm³/mol. The quantitative estimate of drug-likeness (QED) is 0.559. The van der Waals surface area contributed by atoms with Gasteiger partial charge in [-0.05, 0) is 23.3 Å². The van der Waals surface area contributed by atoms with E-state index >= 15 is 0 Å². The first-order chi connectivity index (χ1) is 14.1. The van der Waals surface area contributed by atoms with Gasteiger partial charge in [0.05, 0.1) is 12.0 Å². The van der Waals surface area contributed by atoms with E-state index in [9.17, 15) is 32.7 Å². The second-order valence-electron chi connectivity index (χ2n) is 6.34. The molecule has 7 nitrogen and oxygen atoms in total. The largest absolute Gasteiger partial charge is 0.461 e. The van der Waals surface area contributed by atoms with Crippen LogP contribution < -0.4 is 11.1 Å². The molecule has 0 unspecified atom stereocenters. The lowest BCUT2D eigenvalue weighted by Gasteiger charge is -2.18. The van der Waals surface area contributed by atoms with E-state index in [-0.39, 0.29) is 12.2 Å². The van der Waals surface area contributed by atoms with Crippen LogP contribution in [0, 0.1) is 0 Å². The molecule has 0 spiro atoms. The fourth-order valence-corrected chi connectivity index (χ4v) is 2.44. The Morgan fingerprint density at radius 3 is 2.17 bits per heavy atom. The Kier molecular flexibility index (Phi) is 7.54. The van der Waals surface area contributed by atoms with Gasteiger partial charge >= 0.3 is 12.1 Å². The molecule has 160 valence electrons. The first kappa shape index (κ1) is 22.9. The van der Waals surface area contributed by atoms with Crippen LogP contribution in [-0.4, -0.2) is 28.9 Å².